The van der Waals surface area contributed by atoms with Gasteiger partial charge in [-0.15, -0.1) is 11.3 Å². The number of hydrogen-bond acceptors (Lipinski definition) is 3. The van der Waals surface area contributed by atoms with Gasteiger partial charge in [-0.3, -0.25) is 9.59 Å². The van der Waals surface area contributed by atoms with Crippen molar-refractivity contribution in [1.29, 1.82) is 0 Å². The number of thiophene rings is 1. The summed E-state index contributed by atoms with van der Waals surface area (Å²) >= 11 is 13.9. The van der Waals surface area contributed by atoms with Crippen LogP contribution in [0, 0.1) is 6.92 Å². The maximum absolute atomic E-state index is 12.3. The van der Waals surface area contributed by atoms with Crippen molar-refractivity contribution in [3.05, 3.63) is 50.1 Å². The fourth-order valence-corrected chi connectivity index (χ4v) is 3.49. The molecule has 3 N–H and O–H groups in total. The van der Waals surface area contributed by atoms with E-state index in [0.29, 0.717) is 28.8 Å². The Bertz CT molecular complexity index is 766. The monoisotopic (exact) mass is 414 g/mol. The fourth-order valence-electron chi connectivity index (χ4n) is 2.38. The second kappa shape index (κ2) is 9.92. The molecule has 140 valence electrons. The first-order chi connectivity index (χ1) is 12.4. The van der Waals surface area contributed by atoms with Gasteiger partial charge in [-0.05, 0) is 36.9 Å². The van der Waals surface area contributed by atoms with Crippen molar-refractivity contribution in [2.75, 3.05) is 25.0 Å². The van der Waals surface area contributed by atoms with Crippen molar-refractivity contribution < 1.29 is 14.5 Å². The van der Waals surface area contributed by atoms with Gasteiger partial charge in [0.25, 0.3) is 11.8 Å². The molecule has 2 amide bonds. The standard InChI is InChI=1S/C18H21Cl2N3O2S/c1-3-23(10-15(24)21-9-13-5-4-8-26-13)11-16(25)22-18-14(19)7-6-12(2)17(18)20/h4-8H,3,9-11H2,1-2H3,(H,21,24)(H,22,25)/p+1. The average Bonchev–Trinajstić information content (AvgIpc) is 3.13. The van der Waals surface area contributed by atoms with Gasteiger partial charge in [0.05, 0.1) is 28.8 Å². The van der Waals surface area contributed by atoms with Crippen molar-refractivity contribution in [2.45, 2.75) is 20.4 Å². The molecule has 1 unspecified atom stereocenters. The lowest BCUT2D eigenvalue weighted by Crippen LogP contribution is -3.14. The highest BCUT2D eigenvalue weighted by molar-refractivity contribution is 7.09. The fraction of sp³-hybridized carbons (Fsp3) is 0.333. The molecule has 26 heavy (non-hydrogen) atoms. The lowest BCUT2D eigenvalue weighted by molar-refractivity contribution is -0.881. The molecule has 5 nitrogen and oxygen atoms in total. The Morgan fingerprint density at radius 1 is 1.15 bits per heavy atom. The van der Waals surface area contributed by atoms with Crippen LogP contribution in [0.5, 0.6) is 0 Å². The number of carbonyl (C=O) groups excluding carboxylic acids is 2. The van der Waals surface area contributed by atoms with E-state index in [9.17, 15) is 9.59 Å². The van der Waals surface area contributed by atoms with Crippen LogP contribution in [0.15, 0.2) is 29.6 Å². The summed E-state index contributed by atoms with van der Waals surface area (Å²) in [4.78, 5) is 26.4. The van der Waals surface area contributed by atoms with Crippen molar-refractivity contribution in [2.24, 2.45) is 0 Å². The normalized spacial score (nSPS) is 11.8. The molecule has 0 aliphatic heterocycles. The van der Waals surface area contributed by atoms with Gasteiger partial charge in [-0.2, -0.15) is 0 Å². The number of rotatable bonds is 8. The first kappa shape index (κ1) is 20.7. The maximum Gasteiger partial charge on any atom is 0.279 e. The van der Waals surface area contributed by atoms with Crippen molar-refractivity contribution >= 4 is 52.0 Å². The number of amides is 2. The minimum absolute atomic E-state index is 0.0883. The SMILES string of the molecule is CC[NH+](CC(=O)NCc1cccs1)CC(=O)Nc1c(Cl)ccc(C)c1Cl. The van der Waals surface area contributed by atoms with Crippen LogP contribution in [0.4, 0.5) is 5.69 Å². The summed E-state index contributed by atoms with van der Waals surface area (Å²) in [7, 11) is 0. The van der Waals surface area contributed by atoms with Gasteiger partial charge in [-0.25, -0.2) is 0 Å². The summed E-state index contributed by atoms with van der Waals surface area (Å²) < 4.78 is 0. The first-order valence-corrected chi connectivity index (χ1v) is 9.91. The van der Waals surface area contributed by atoms with E-state index < -0.39 is 0 Å². The van der Waals surface area contributed by atoms with E-state index in [1.54, 1.807) is 23.5 Å². The van der Waals surface area contributed by atoms with E-state index in [1.165, 1.54) is 0 Å². The van der Waals surface area contributed by atoms with Crippen LogP contribution in [0.25, 0.3) is 0 Å². The summed E-state index contributed by atoms with van der Waals surface area (Å²) in [5.41, 5.74) is 1.25. The third-order valence-electron chi connectivity index (χ3n) is 3.91. The Morgan fingerprint density at radius 3 is 2.54 bits per heavy atom. The molecule has 2 aromatic rings. The van der Waals surface area contributed by atoms with Crippen molar-refractivity contribution in [3.8, 4) is 0 Å². The predicted octanol–water partition coefficient (Wildman–Crippen LogP) is 2.52. The third-order valence-corrected chi connectivity index (χ3v) is 5.59. The number of halogens is 2. The van der Waals surface area contributed by atoms with Crippen LogP contribution < -0.4 is 15.5 Å². The van der Waals surface area contributed by atoms with Gasteiger partial charge in [0, 0.05) is 4.88 Å². The molecule has 0 aliphatic rings. The van der Waals surface area contributed by atoms with Gasteiger partial charge < -0.3 is 15.5 Å². The first-order valence-electron chi connectivity index (χ1n) is 8.27. The molecule has 2 rings (SSSR count). The van der Waals surface area contributed by atoms with Gasteiger partial charge in [0.2, 0.25) is 0 Å². The molecular weight excluding hydrogens is 393 g/mol. The predicted molar refractivity (Wildman–Crippen MR) is 107 cm³/mol. The number of carbonyl (C=O) groups is 2. The molecule has 0 spiro atoms. The van der Waals surface area contributed by atoms with E-state index in [4.69, 9.17) is 23.2 Å². The Balaban J connectivity index is 1.87. The highest BCUT2D eigenvalue weighted by atomic mass is 35.5. The van der Waals surface area contributed by atoms with Gasteiger partial charge in [0.15, 0.2) is 13.1 Å². The zero-order valence-corrected chi connectivity index (χ0v) is 17.0. The Kier molecular flexibility index (Phi) is 7.90. The molecule has 1 heterocycles. The smallest absolute Gasteiger partial charge is 0.279 e. The summed E-state index contributed by atoms with van der Waals surface area (Å²) in [6.45, 7) is 5.31. The van der Waals surface area contributed by atoms with Crippen molar-refractivity contribution in [3.63, 3.8) is 0 Å². The zero-order valence-electron chi connectivity index (χ0n) is 14.7. The molecule has 1 atom stereocenters. The number of anilines is 1. The summed E-state index contributed by atoms with van der Waals surface area (Å²) in [6, 6.07) is 7.41. The second-order valence-electron chi connectivity index (χ2n) is 5.91. The number of benzene rings is 1. The van der Waals surface area contributed by atoms with Crippen LogP contribution in [0.3, 0.4) is 0 Å². The zero-order chi connectivity index (χ0) is 19.1. The molecule has 0 fully saturated rings. The van der Waals surface area contributed by atoms with E-state index in [-0.39, 0.29) is 24.9 Å². The Morgan fingerprint density at radius 2 is 1.88 bits per heavy atom. The van der Waals surface area contributed by atoms with Crippen LogP contribution in [0.2, 0.25) is 10.0 Å². The van der Waals surface area contributed by atoms with Crippen LogP contribution in [-0.2, 0) is 16.1 Å². The van der Waals surface area contributed by atoms with E-state index in [0.717, 1.165) is 15.3 Å². The molecule has 0 saturated heterocycles. The number of quaternary nitrogens is 1. The molecular formula is C18H22Cl2N3O2S+. The minimum Gasteiger partial charge on any atom is -0.346 e. The minimum atomic E-state index is -0.234. The molecule has 0 saturated carbocycles. The van der Waals surface area contributed by atoms with Gasteiger partial charge in [-0.1, -0.05) is 35.3 Å². The van der Waals surface area contributed by atoms with Crippen LogP contribution in [0.1, 0.15) is 17.4 Å². The highest BCUT2D eigenvalue weighted by Gasteiger charge is 2.19. The largest absolute Gasteiger partial charge is 0.346 e. The van der Waals surface area contributed by atoms with E-state index in [1.807, 2.05) is 31.4 Å². The van der Waals surface area contributed by atoms with Gasteiger partial charge >= 0.3 is 0 Å². The topological polar surface area (TPSA) is 62.6 Å². The molecule has 0 bridgehead atoms. The summed E-state index contributed by atoms with van der Waals surface area (Å²) in [5, 5.41) is 8.42. The number of nitrogens with one attached hydrogen (secondary N) is 3. The Labute approximate surface area is 167 Å². The second-order valence-corrected chi connectivity index (χ2v) is 7.73. The summed E-state index contributed by atoms with van der Waals surface area (Å²) in [5.74, 6) is -0.322. The molecule has 8 heteroatoms. The Hall–Kier alpha value is -1.60. The highest BCUT2D eigenvalue weighted by Crippen LogP contribution is 2.32. The lowest BCUT2D eigenvalue weighted by atomic mass is 10.2. The van der Waals surface area contributed by atoms with Crippen molar-refractivity contribution in [1.82, 2.24) is 5.32 Å². The number of likely N-dealkylation sites (N-methyl/N-ethyl adjacent to an activating group) is 1. The quantitative estimate of drug-likeness (QED) is 0.621. The lowest BCUT2D eigenvalue weighted by Gasteiger charge is -2.17. The maximum atomic E-state index is 12.3. The average molecular weight is 415 g/mol. The third kappa shape index (κ3) is 5.99. The van der Waals surface area contributed by atoms with E-state index >= 15 is 0 Å². The molecule has 1 aromatic carbocycles. The summed E-state index contributed by atoms with van der Waals surface area (Å²) in [6.07, 6.45) is 0. The van der Waals surface area contributed by atoms with Crippen LogP contribution in [-0.4, -0.2) is 31.4 Å². The molecule has 1 aromatic heterocycles. The number of hydrogen-bond donors (Lipinski definition) is 3. The van der Waals surface area contributed by atoms with Gasteiger partial charge in [0.1, 0.15) is 0 Å². The van der Waals surface area contributed by atoms with Crippen LogP contribution >= 0.6 is 34.5 Å². The molecule has 0 radical (unpaired) electrons. The number of aryl methyl sites for hydroxylation is 1. The van der Waals surface area contributed by atoms with E-state index in [2.05, 4.69) is 10.6 Å². The molecule has 0 aliphatic carbocycles.